The largest absolute Gasteiger partial charge is 0.453 e. The molecule has 0 saturated carbocycles. The lowest BCUT2D eigenvalue weighted by atomic mass is 9.83. The SMILES string of the molecule is CC(C)(C)c1ccc(C(C)(O)CC(F)(F)C(F)(F)F)cc1. The second-order valence-electron chi connectivity index (χ2n) is 6.48. The molecule has 1 nitrogen and oxygen atoms in total. The van der Waals surface area contributed by atoms with E-state index < -0.39 is 24.1 Å². The maximum absolute atomic E-state index is 13.1. The van der Waals surface area contributed by atoms with Gasteiger partial charge in [0.15, 0.2) is 0 Å². The molecule has 0 radical (unpaired) electrons. The molecule has 0 saturated heterocycles. The molecule has 0 aliphatic rings. The van der Waals surface area contributed by atoms with Gasteiger partial charge in [-0.3, -0.25) is 0 Å². The summed E-state index contributed by atoms with van der Waals surface area (Å²) in [5.74, 6) is -4.95. The molecule has 1 N–H and O–H groups in total. The Balaban J connectivity index is 3.04. The van der Waals surface area contributed by atoms with Crippen LogP contribution in [0.5, 0.6) is 0 Å². The second kappa shape index (κ2) is 5.23. The van der Waals surface area contributed by atoms with Gasteiger partial charge in [0, 0.05) is 0 Å². The van der Waals surface area contributed by atoms with Crippen LogP contribution < -0.4 is 0 Å². The fraction of sp³-hybridized carbons (Fsp3) is 0.600. The monoisotopic (exact) mass is 310 g/mol. The Bertz CT molecular complexity index is 480. The Labute approximate surface area is 120 Å². The van der Waals surface area contributed by atoms with Crippen LogP contribution in [-0.2, 0) is 11.0 Å². The van der Waals surface area contributed by atoms with E-state index in [1.165, 1.54) is 12.1 Å². The standard InChI is InChI=1S/C15H19F5O/c1-12(2,3)10-5-7-11(8-6-10)13(4,21)9-14(16,17)15(18,19)20/h5-8,21H,9H2,1-4H3. The average molecular weight is 310 g/mol. The molecule has 1 unspecified atom stereocenters. The molecule has 1 rings (SSSR count). The Hall–Kier alpha value is -1.17. The van der Waals surface area contributed by atoms with Gasteiger partial charge < -0.3 is 5.11 Å². The van der Waals surface area contributed by atoms with Gasteiger partial charge in [0.1, 0.15) is 0 Å². The second-order valence-corrected chi connectivity index (χ2v) is 6.48. The fourth-order valence-corrected chi connectivity index (χ4v) is 1.96. The highest BCUT2D eigenvalue weighted by molar-refractivity contribution is 5.30. The van der Waals surface area contributed by atoms with Gasteiger partial charge in [0.25, 0.3) is 0 Å². The third-order valence-electron chi connectivity index (χ3n) is 3.35. The van der Waals surface area contributed by atoms with Crippen molar-refractivity contribution in [1.29, 1.82) is 0 Å². The number of hydrogen-bond acceptors (Lipinski definition) is 1. The van der Waals surface area contributed by atoms with Crippen LogP contribution in [-0.4, -0.2) is 17.2 Å². The van der Waals surface area contributed by atoms with E-state index in [1.807, 2.05) is 20.8 Å². The summed E-state index contributed by atoms with van der Waals surface area (Å²) in [6.45, 7) is 6.78. The van der Waals surface area contributed by atoms with Crippen molar-refractivity contribution < 1.29 is 27.1 Å². The molecule has 0 spiro atoms. The summed E-state index contributed by atoms with van der Waals surface area (Å²) in [6, 6.07) is 6.01. The average Bonchev–Trinajstić information content (AvgIpc) is 2.25. The zero-order valence-corrected chi connectivity index (χ0v) is 12.4. The Morgan fingerprint density at radius 3 is 1.52 bits per heavy atom. The first-order valence-electron chi connectivity index (χ1n) is 6.45. The van der Waals surface area contributed by atoms with Crippen LogP contribution in [0.1, 0.15) is 45.2 Å². The molecule has 0 fully saturated rings. The quantitative estimate of drug-likeness (QED) is 0.797. The molecule has 1 atom stereocenters. The minimum atomic E-state index is -5.68. The molecule has 1 aromatic carbocycles. The summed E-state index contributed by atoms with van der Waals surface area (Å²) in [5, 5.41) is 10.00. The van der Waals surface area contributed by atoms with E-state index in [1.54, 1.807) is 12.1 Å². The molecule has 120 valence electrons. The highest BCUT2D eigenvalue weighted by Gasteiger charge is 2.59. The van der Waals surface area contributed by atoms with E-state index >= 15 is 0 Å². The van der Waals surface area contributed by atoms with E-state index in [2.05, 4.69) is 0 Å². The Morgan fingerprint density at radius 1 is 0.810 bits per heavy atom. The lowest BCUT2D eigenvalue weighted by molar-refractivity contribution is -0.296. The van der Waals surface area contributed by atoms with E-state index in [4.69, 9.17) is 0 Å². The van der Waals surface area contributed by atoms with Crippen molar-refractivity contribution in [2.75, 3.05) is 0 Å². The molecule has 0 bridgehead atoms. The van der Waals surface area contributed by atoms with Crippen LogP contribution in [0.25, 0.3) is 0 Å². The van der Waals surface area contributed by atoms with E-state index in [9.17, 15) is 27.1 Å². The fourth-order valence-electron chi connectivity index (χ4n) is 1.96. The summed E-state index contributed by atoms with van der Waals surface area (Å²) < 4.78 is 62.9. The third-order valence-corrected chi connectivity index (χ3v) is 3.35. The van der Waals surface area contributed by atoms with E-state index in [0.29, 0.717) is 0 Å². The van der Waals surface area contributed by atoms with Crippen molar-refractivity contribution >= 4 is 0 Å². The minimum Gasteiger partial charge on any atom is -0.385 e. The zero-order chi connectivity index (χ0) is 16.7. The van der Waals surface area contributed by atoms with Gasteiger partial charge in [-0.2, -0.15) is 22.0 Å². The van der Waals surface area contributed by atoms with Crippen LogP contribution in [0.15, 0.2) is 24.3 Å². The van der Waals surface area contributed by atoms with Crippen molar-refractivity contribution in [1.82, 2.24) is 0 Å². The number of alkyl halides is 5. The molecular formula is C15H19F5O. The molecule has 0 heterocycles. The van der Waals surface area contributed by atoms with Gasteiger partial charge in [0.05, 0.1) is 12.0 Å². The Kier molecular flexibility index (Phi) is 4.45. The number of benzene rings is 1. The first kappa shape index (κ1) is 17.9. The van der Waals surface area contributed by atoms with Gasteiger partial charge in [-0.1, -0.05) is 45.0 Å². The maximum Gasteiger partial charge on any atom is 0.453 e. The van der Waals surface area contributed by atoms with Crippen LogP contribution in [0, 0.1) is 0 Å². The first-order valence-corrected chi connectivity index (χ1v) is 6.45. The molecule has 1 aromatic rings. The summed E-state index contributed by atoms with van der Waals surface area (Å²) in [7, 11) is 0. The first-order chi connectivity index (χ1) is 9.17. The Morgan fingerprint density at radius 2 is 1.19 bits per heavy atom. The highest BCUT2D eigenvalue weighted by Crippen LogP contribution is 2.43. The lowest BCUT2D eigenvalue weighted by Crippen LogP contribution is -2.42. The van der Waals surface area contributed by atoms with Gasteiger partial charge in [0.2, 0.25) is 0 Å². The molecule has 6 heteroatoms. The van der Waals surface area contributed by atoms with Gasteiger partial charge in [-0.05, 0) is 23.5 Å². The predicted molar refractivity (Wildman–Crippen MR) is 70.3 cm³/mol. The summed E-state index contributed by atoms with van der Waals surface area (Å²) in [6.07, 6.45) is -7.39. The summed E-state index contributed by atoms with van der Waals surface area (Å²) in [5.41, 5.74) is -1.53. The zero-order valence-electron chi connectivity index (χ0n) is 12.4. The molecule has 0 aliphatic heterocycles. The molecular weight excluding hydrogens is 291 g/mol. The van der Waals surface area contributed by atoms with E-state index in [-0.39, 0.29) is 11.0 Å². The summed E-state index contributed by atoms with van der Waals surface area (Å²) >= 11 is 0. The van der Waals surface area contributed by atoms with Crippen molar-refractivity contribution in [3.8, 4) is 0 Å². The minimum absolute atomic E-state index is 0.0272. The third kappa shape index (κ3) is 4.15. The number of aliphatic hydroxyl groups is 1. The van der Waals surface area contributed by atoms with Crippen LogP contribution in [0.3, 0.4) is 0 Å². The normalized spacial score (nSPS) is 16.7. The van der Waals surface area contributed by atoms with Crippen molar-refractivity contribution in [2.24, 2.45) is 0 Å². The number of hydrogen-bond donors (Lipinski definition) is 1. The van der Waals surface area contributed by atoms with Crippen LogP contribution >= 0.6 is 0 Å². The highest BCUT2D eigenvalue weighted by atomic mass is 19.4. The topological polar surface area (TPSA) is 20.2 Å². The van der Waals surface area contributed by atoms with Gasteiger partial charge in [-0.15, -0.1) is 0 Å². The van der Waals surface area contributed by atoms with Crippen molar-refractivity contribution in [3.63, 3.8) is 0 Å². The van der Waals surface area contributed by atoms with Gasteiger partial charge >= 0.3 is 12.1 Å². The molecule has 21 heavy (non-hydrogen) atoms. The number of halogens is 5. The predicted octanol–water partition coefficient (Wildman–Crippen LogP) is 4.78. The molecule has 0 aromatic heterocycles. The lowest BCUT2D eigenvalue weighted by Gasteiger charge is -2.30. The van der Waals surface area contributed by atoms with Crippen LogP contribution in [0.4, 0.5) is 22.0 Å². The maximum atomic E-state index is 13.1. The van der Waals surface area contributed by atoms with E-state index in [0.717, 1.165) is 12.5 Å². The molecule has 0 amide bonds. The van der Waals surface area contributed by atoms with Crippen molar-refractivity contribution in [3.05, 3.63) is 35.4 Å². The van der Waals surface area contributed by atoms with Crippen LogP contribution in [0.2, 0.25) is 0 Å². The van der Waals surface area contributed by atoms with Crippen molar-refractivity contribution in [2.45, 2.75) is 57.2 Å². The number of rotatable bonds is 3. The van der Waals surface area contributed by atoms with Gasteiger partial charge in [-0.25, -0.2) is 0 Å². The smallest absolute Gasteiger partial charge is 0.385 e. The summed E-state index contributed by atoms with van der Waals surface area (Å²) in [4.78, 5) is 0. The molecule has 0 aliphatic carbocycles.